The van der Waals surface area contributed by atoms with E-state index in [1.165, 1.54) is 24.3 Å². The number of nitrogens with one attached hydrogen (secondary N) is 1. The minimum Gasteiger partial charge on any atom is -0.379 e. The number of rotatable bonds is 3. The van der Waals surface area contributed by atoms with Crippen LogP contribution in [0.2, 0.25) is 0 Å². The fraction of sp³-hybridized carbons (Fsp3) is 0.0714. The van der Waals surface area contributed by atoms with Crippen molar-refractivity contribution >= 4 is 37.5 Å². The zero-order chi connectivity index (χ0) is 14.7. The molecule has 102 valence electrons. The molecule has 2 nitrogen and oxygen atoms in total. The van der Waals surface area contributed by atoms with Crippen LogP contribution in [-0.2, 0) is 6.54 Å². The summed E-state index contributed by atoms with van der Waals surface area (Å²) in [4.78, 5) is 0. The van der Waals surface area contributed by atoms with Gasteiger partial charge in [0.2, 0.25) is 0 Å². The highest BCUT2D eigenvalue weighted by Gasteiger charge is 2.11. The van der Waals surface area contributed by atoms with Crippen molar-refractivity contribution in [3.63, 3.8) is 0 Å². The van der Waals surface area contributed by atoms with Gasteiger partial charge in [-0.2, -0.15) is 5.26 Å². The van der Waals surface area contributed by atoms with Gasteiger partial charge in [-0.15, -0.1) is 0 Å². The normalized spacial score (nSPS) is 10.2. The van der Waals surface area contributed by atoms with Crippen LogP contribution in [0.25, 0.3) is 0 Å². The molecule has 0 unspecified atom stereocenters. The number of nitrogens with zero attached hydrogens (tertiary/aromatic N) is 1. The molecule has 0 amide bonds. The fourth-order valence-electron chi connectivity index (χ4n) is 1.64. The topological polar surface area (TPSA) is 35.8 Å². The van der Waals surface area contributed by atoms with E-state index in [0.29, 0.717) is 5.56 Å². The van der Waals surface area contributed by atoms with Crippen LogP contribution in [0.3, 0.4) is 0 Å². The number of halogens is 4. The van der Waals surface area contributed by atoms with Crippen molar-refractivity contribution in [2.45, 2.75) is 6.54 Å². The van der Waals surface area contributed by atoms with Gasteiger partial charge in [0, 0.05) is 11.0 Å². The van der Waals surface area contributed by atoms with Crippen molar-refractivity contribution in [3.8, 4) is 6.07 Å². The van der Waals surface area contributed by atoms with E-state index in [1.54, 1.807) is 6.07 Å². The molecule has 0 aliphatic heterocycles. The largest absolute Gasteiger partial charge is 0.379 e. The Balaban J connectivity index is 2.22. The molecule has 0 aliphatic carbocycles. The number of anilines is 1. The van der Waals surface area contributed by atoms with Crippen LogP contribution in [-0.4, -0.2) is 0 Å². The Morgan fingerprint density at radius 3 is 2.60 bits per heavy atom. The van der Waals surface area contributed by atoms with Gasteiger partial charge >= 0.3 is 0 Å². The van der Waals surface area contributed by atoms with E-state index in [-0.39, 0.29) is 28.1 Å². The molecule has 2 rings (SSSR count). The van der Waals surface area contributed by atoms with Crippen LogP contribution >= 0.6 is 31.9 Å². The van der Waals surface area contributed by atoms with Crippen molar-refractivity contribution in [3.05, 3.63) is 62.0 Å². The van der Waals surface area contributed by atoms with Crippen LogP contribution in [0.15, 0.2) is 39.3 Å². The third-order valence-corrected chi connectivity index (χ3v) is 4.23. The van der Waals surface area contributed by atoms with Gasteiger partial charge in [-0.1, -0.05) is 15.9 Å². The predicted molar refractivity (Wildman–Crippen MR) is 80.2 cm³/mol. The Morgan fingerprint density at radius 2 is 1.90 bits per heavy atom. The Labute approximate surface area is 131 Å². The smallest absolute Gasteiger partial charge is 0.161 e. The van der Waals surface area contributed by atoms with Gasteiger partial charge < -0.3 is 5.32 Å². The summed E-state index contributed by atoms with van der Waals surface area (Å²) >= 11 is 6.34. The molecule has 0 heterocycles. The molecule has 0 atom stereocenters. The van der Waals surface area contributed by atoms with Crippen molar-refractivity contribution in [1.29, 1.82) is 5.26 Å². The molecule has 0 bridgehead atoms. The maximum Gasteiger partial charge on any atom is 0.161 e. The van der Waals surface area contributed by atoms with Gasteiger partial charge in [-0.3, -0.25) is 0 Å². The average Bonchev–Trinajstić information content (AvgIpc) is 2.44. The minimum absolute atomic E-state index is 0.114. The van der Waals surface area contributed by atoms with Gasteiger partial charge in [0.05, 0.1) is 15.7 Å². The third kappa shape index (κ3) is 3.17. The molecule has 0 saturated heterocycles. The minimum atomic E-state index is -0.545. The summed E-state index contributed by atoms with van der Waals surface area (Å²) in [5.41, 5.74) is 1.14. The number of nitriles is 1. The Hall–Kier alpha value is -1.45. The Kier molecular flexibility index (Phi) is 4.73. The highest BCUT2D eigenvalue weighted by atomic mass is 79.9. The molecule has 20 heavy (non-hydrogen) atoms. The number of hydrogen-bond acceptors (Lipinski definition) is 2. The second-order valence-electron chi connectivity index (χ2n) is 3.99. The zero-order valence-electron chi connectivity index (χ0n) is 10.1. The molecule has 0 aromatic heterocycles. The Bertz CT molecular complexity index is 696. The van der Waals surface area contributed by atoms with Crippen molar-refractivity contribution < 1.29 is 8.78 Å². The van der Waals surface area contributed by atoms with E-state index in [4.69, 9.17) is 5.26 Å². The molecule has 0 radical (unpaired) electrons. The lowest BCUT2D eigenvalue weighted by atomic mass is 10.2. The van der Waals surface area contributed by atoms with Gasteiger partial charge in [0.15, 0.2) is 5.82 Å². The van der Waals surface area contributed by atoms with E-state index in [1.807, 2.05) is 6.07 Å². The maximum absolute atomic E-state index is 14.0. The first-order valence-corrected chi connectivity index (χ1v) is 7.17. The lowest BCUT2D eigenvalue weighted by Gasteiger charge is -2.10. The van der Waals surface area contributed by atoms with Crippen molar-refractivity contribution in [2.24, 2.45) is 0 Å². The van der Waals surface area contributed by atoms with E-state index in [2.05, 4.69) is 37.2 Å². The summed E-state index contributed by atoms with van der Waals surface area (Å²) in [6, 6.07) is 9.17. The third-order valence-electron chi connectivity index (χ3n) is 2.68. The van der Waals surface area contributed by atoms with Crippen LogP contribution in [0.4, 0.5) is 14.5 Å². The van der Waals surface area contributed by atoms with Crippen molar-refractivity contribution in [1.82, 2.24) is 0 Å². The number of hydrogen-bond donors (Lipinski definition) is 1. The summed E-state index contributed by atoms with van der Waals surface area (Å²) in [6.45, 7) is 0.258. The summed E-state index contributed by atoms with van der Waals surface area (Å²) in [5.74, 6) is -0.900. The SMILES string of the molecule is N#Cc1ccc(NCc2cc(F)ccc2Br)c(F)c1Br. The molecular weight excluding hydrogens is 394 g/mol. The molecule has 6 heteroatoms. The first kappa shape index (κ1) is 14.9. The molecule has 0 spiro atoms. The zero-order valence-corrected chi connectivity index (χ0v) is 13.2. The Morgan fingerprint density at radius 1 is 1.15 bits per heavy atom. The second-order valence-corrected chi connectivity index (χ2v) is 5.64. The highest BCUT2D eigenvalue weighted by Crippen LogP contribution is 2.27. The van der Waals surface area contributed by atoms with Crippen molar-refractivity contribution in [2.75, 3.05) is 5.32 Å². The monoisotopic (exact) mass is 400 g/mol. The second kappa shape index (κ2) is 6.33. The number of benzene rings is 2. The molecular formula is C14H8Br2F2N2. The molecule has 0 fully saturated rings. The first-order valence-electron chi connectivity index (χ1n) is 5.59. The fourth-order valence-corrected chi connectivity index (χ4v) is 2.46. The van der Waals surface area contributed by atoms with Gasteiger partial charge in [-0.05, 0) is 51.8 Å². The van der Waals surface area contributed by atoms with Gasteiger partial charge in [0.25, 0.3) is 0 Å². The summed E-state index contributed by atoms with van der Waals surface area (Å²) in [6.07, 6.45) is 0. The van der Waals surface area contributed by atoms with Crippen LogP contribution < -0.4 is 5.32 Å². The summed E-state index contributed by atoms with van der Waals surface area (Å²) in [7, 11) is 0. The van der Waals surface area contributed by atoms with Crippen LogP contribution in [0, 0.1) is 23.0 Å². The lowest BCUT2D eigenvalue weighted by Crippen LogP contribution is -2.03. The maximum atomic E-state index is 14.0. The molecule has 2 aromatic rings. The standard InChI is InChI=1S/C14H8Br2F2N2/c15-11-3-2-10(17)5-9(11)7-20-12-4-1-8(6-19)13(16)14(12)18/h1-5,20H,7H2. The molecule has 0 saturated carbocycles. The van der Waals surface area contributed by atoms with E-state index < -0.39 is 5.82 Å². The predicted octanol–water partition coefficient (Wildman–Crippen LogP) is 4.97. The lowest BCUT2D eigenvalue weighted by molar-refractivity contribution is 0.621. The molecule has 0 aliphatic rings. The van der Waals surface area contributed by atoms with Gasteiger partial charge in [-0.25, -0.2) is 8.78 Å². The summed E-state index contributed by atoms with van der Waals surface area (Å²) < 4.78 is 28.0. The average molecular weight is 402 g/mol. The van der Waals surface area contributed by atoms with Crippen LogP contribution in [0.5, 0.6) is 0 Å². The highest BCUT2D eigenvalue weighted by molar-refractivity contribution is 9.10. The molecule has 2 aromatic carbocycles. The van der Waals surface area contributed by atoms with E-state index in [0.717, 1.165) is 4.47 Å². The first-order chi connectivity index (χ1) is 9.52. The molecule has 1 N–H and O–H groups in total. The quantitative estimate of drug-likeness (QED) is 0.787. The van der Waals surface area contributed by atoms with E-state index in [9.17, 15) is 8.78 Å². The van der Waals surface area contributed by atoms with E-state index >= 15 is 0 Å². The van der Waals surface area contributed by atoms with Gasteiger partial charge in [0.1, 0.15) is 11.9 Å². The van der Waals surface area contributed by atoms with Crippen LogP contribution in [0.1, 0.15) is 11.1 Å². The summed E-state index contributed by atoms with van der Waals surface area (Å²) in [5, 5.41) is 11.7.